The molecule has 1 amide bonds. The summed E-state index contributed by atoms with van der Waals surface area (Å²) < 4.78 is 11.0. The number of rotatable bonds is 7. The van der Waals surface area contributed by atoms with Crippen molar-refractivity contribution in [2.24, 2.45) is 5.92 Å². The Morgan fingerprint density at radius 1 is 1.14 bits per heavy atom. The van der Waals surface area contributed by atoms with Crippen molar-refractivity contribution in [3.8, 4) is 11.5 Å². The van der Waals surface area contributed by atoms with Crippen molar-refractivity contribution in [1.29, 1.82) is 0 Å². The SMILES string of the molecule is CCCOc1cc(OC)ccc1C(=O)N1C[C@H](C(=O)O)[C@H](c2ccccc2)C1. The van der Waals surface area contributed by atoms with Crippen LogP contribution in [0.3, 0.4) is 0 Å². The number of likely N-dealkylation sites (tertiary alicyclic amines) is 1. The summed E-state index contributed by atoms with van der Waals surface area (Å²) in [5.41, 5.74) is 1.36. The zero-order valence-corrected chi connectivity index (χ0v) is 16.1. The van der Waals surface area contributed by atoms with Gasteiger partial charge in [0, 0.05) is 25.1 Å². The Morgan fingerprint density at radius 2 is 1.89 bits per heavy atom. The molecule has 1 N–H and O–H groups in total. The molecule has 0 aliphatic carbocycles. The van der Waals surface area contributed by atoms with Gasteiger partial charge in [-0.2, -0.15) is 0 Å². The summed E-state index contributed by atoms with van der Waals surface area (Å²) in [6.45, 7) is 3.01. The summed E-state index contributed by atoms with van der Waals surface area (Å²) in [5, 5.41) is 9.67. The van der Waals surface area contributed by atoms with Crippen LogP contribution in [-0.4, -0.2) is 48.7 Å². The number of benzene rings is 2. The van der Waals surface area contributed by atoms with Crippen LogP contribution in [0.2, 0.25) is 0 Å². The van der Waals surface area contributed by atoms with Gasteiger partial charge in [0.15, 0.2) is 0 Å². The van der Waals surface area contributed by atoms with Gasteiger partial charge >= 0.3 is 5.97 Å². The molecule has 28 heavy (non-hydrogen) atoms. The number of carboxylic acids is 1. The minimum absolute atomic E-state index is 0.174. The molecular weight excluding hydrogens is 358 g/mol. The topological polar surface area (TPSA) is 76.1 Å². The van der Waals surface area contributed by atoms with Crippen molar-refractivity contribution in [1.82, 2.24) is 4.90 Å². The maximum atomic E-state index is 13.2. The summed E-state index contributed by atoms with van der Waals surface area (Å²) in [4.78, 5) is 26.6. The van der Waals surface area contributed by atoms with E-state index in [1.165, 1.54) is 0 Å². The molecular formula is C22H25NO5. The molecule has 2 aromatic rings. The Morgan fingerprint density at radius 3 is 2.54 bits per heavy atom. The smallest absolute Gasteiger partial charge is 0.308 e. The van der Waals surface area contributed by atoms with Crippen molar-refractivity contribution >= 4 is 11.9 Å². The minimum atomic E-state index is -0.888. The van der Waals surface area contributed by atoms with E-state index in [-0.39, 0.29) is 18.4 Å². The average molecular weight is 383 g/mol. The summed E-state index contributed by atoms with van der Waals surface area (Å²) in [6, 6.07) is 14.6. The first-order valence-corrected chi connectivity index (χ1v) is 9.43. The first-order valence-electron chi connectivity index (χ1n) is 9.43. The van der Waals surface area contributed by atoms with E-state index in [1.807, 2.05) is 37.3 Å². The second-order valence-corrected chi connectivity index (χ2v) is 6.88. The van der Waals surface area contributed by atoms with Crippen molar-refractivity contribution in [3.63, 3.8) is 0 Å². The monoisotopic (exact) mass is 383 g/mol. The van der Waals surface area contributed by atoms with Crippen LogP contribution in [-0.2, 0) is 4.79 Å². The lowest BCUT2D eigenvalue weighted by Gasteiger charge is -2.19. The molecule has 6 heteroatoms. The van der Waals surface area contributed by atoms with Crippen molar-refractivity contribution in [3.05, 3.63) is 59.7 Å². The Hall–Kier alpha value is -3.02. The van der Waals surface area contributed by atoms with Crippen LogP contribution in [0.4, 0.5) is 0 Å². The average Bonchev–Trinajstić information content (AvgIpc) is 3.18. The van der Waals surface area contributed by atoms with E-state index in [4.69, 9.17) is 9.47 Å². The second kappa shape index (κ2) is 8.78. The van der Waals surface area contributed by atoms with Gasteiger partial charge in [0.1, 0.15) is 11.5 Å². The third-order valence-electron chi connectivity index (χ3n) is 5.03. The van der Waals surface area contributed by atoms with Gasteiger partial charge < -0.3 is 19.5 Å². The second-order valence-electron chi connectivity index (χ2n) is 6.88. The van der Waals surface area contributed by atoms with Gasteiger partial charge in [-0.3, -0.25) is 9.59 Å². The molecule has 1 saturated heterocycles. The van der Waals surface area contributed by atoms with E-state index in [1.54, 1.807) is 30.2 Å². The molecule has 0 spiro atoms. The molecule has 1 aliphatic rings. The molecule has 0 unspecified atom stereocenters. The van der Waals surface area contributed by atoms with Crippen molar-refractivity contribution in [2.45, 2.75) is 19.3 Å². The third kappa shape index (κ3) is 4.11. The Balaban J connectivity index is 1.87. The highest BCUT2D eigenvalue weighted by atomic mass is 16.5. The van der Waals surface area contributed by atoms with Crippen molar-refractivity contribution < 1.29 is 24.2 Å². The van der Waals surface area contributed by atoms with Crippen LogP contribution in [0, 0.1) is 5.92 Å². The summed E-state index contributed by atoms with van der Waals surface area (Å²) in [5.74, 6) is -0.916. The molecule has 0 bridgehead atoms. The Bertz CT molecular complexity index is 836. The Kier molecular flexibility index (Phi) is 6.19. The summed E-state index contributed by atoms with van der Waals surface area (Å²) in [6.07, 6.45) is 0.811. The van der Waals surface area contributed by atoms with Crippen LogP contribution < -0.4 is 9.47 Å². The number of amides is 1. The molecule has 1 aliphatic heterocycles. The molecule has 3 rings (SSSR count). The van der Waals surface area contributed by atoms with Gasteiger partial charge in [-0.1, -0.05) is 37.3 Å². The van der Waals surface area contributed by atoms with Gasteiger partial charge in [-0.25, -0.2) is 0 Å². The number of nitrogens with zero attached hydrogens (tertiary/aromatic N) is 1. The lowest BCUT2D eigenvalue weighted by atomic mass is 9.89. The van der Waals surface area contributed by atoms with Gasteiger partial charge in [-0.15, -0.1) is 0 Å². The number of hydrogen-bond acceptors (Lipinski definition) is 4. The number of hydrogen-bond donors (Lipinski definition) is 1. The quantitative estimate of drug-likeness (QED) is 0.793. The van der Waals surface area contributed by atoms with Gasteiger partial charge in [0.05, 0.1) is 25.2 Å². The maximum Gasteiger partial charge on any atom is 0.308 e. The highest BCUT2D eigenvalue weighted by molar-refractivity contribution is 5.97. The van der Waals surface area contributed by atoms with E-state index in [0.29, 0.717) is 30.2 Å². The fourth-order valence-corrected chi connectivity index (χ4v) is 3.57. The molecule has 0 radical (unpaired) electrons. The highest BCUT2D eigenvalue weighted by Gasteiger charge is 2.41. The number of carboxylic acid groups (broad SMARTS) is 1. The molecule has 148 valence electrons. The molecule has 0 aromatic heterocycles. The summed E-state index contributed by atoms with van der Waals surface area (Å²) in [7, 11) is 1.56. The first-order chi connectivity index (χ1) is 13.5. The maximum absolute atomic E-state index is 13.2. The molecule has 1 heterocycles. The normalized spacial score (nSPS) is 18.7. The van der Waals surface area contributed by atoms with E-state index < -0.39 is 11.9 Å². The Labute approximate surface area is 164 Å². The van der Waals surface area contributed by atoms with Crippen molar-refractivity contribution in [2.75, 3.05) is 26.8 Å². The highest BCUT2D eigenvalue weighted by Crippen LogP contribution is 2.35. The zero-order valence-electron chi connectivity index (χ0n) is 16.1. The fraction of sp³-hybridized carbons (Fsp3) is 0.364. The van der Waals surface area contributed by atoms with E-state index >= 15 is 0 Å². The molecule has 1 fully saturated rings. The number of carbonyl (C=O) groups is 2. The fourth-order valence-electron chi connectivity index (χ4n) is 3.57. The van der Waals surface area contributed by atoms with Gasteiger partial charge in [0.2, 0.25) is 0 Å². The predicted molar refractivity (Wildman–Crippen MR) is 105 cm³/mol. The molecule has 0 saturated carbocycles. The molecule has 2 atom stereocenters. The predicted octanol–water partition coefficient (Wildman–Crippen LogP) is 3.42. The van der Waals surface area contributed by atoms with Crippen LogP contribution >= 0.6 is 0 Å². The lowest BCUT2D eigenvalue weighted by Crippen LogP contribution is -2.30. The third-order valence-corrected chi connectivity index (χ3v) is 5.03. The molecule has 6 nitrogen and oxygen atoms in total. The van der Waals surface area contributed by atoms with Crippen LogP contribution in [0.25, 0.3) is 0 Å². The van der Waals surface area contributed by atoms with Crippen LogP contribution in [0.5, 0.6) is 11.5 Å². The largest absolute Gasteiger partial charge is 0.497 e. The van der Waals surface area contributed by atoms with E-state index in [2.05, 4.69) is 0 Å². The van der Waals surface area contributed by atoms with Crippen LogP contribution in [0.15, 0.2) is 48.5 Å². The first kappa shape index (κ1) is 19.7. The number of ether oxygens (including phenoxy) is 2. The minimum Gasteiger partial charge on any atom is -0.497 e. The van der Waals surface area contributed by atoms with E-state index in [9.17, 15) is 14.7 Å². The van der Waals surface area contributed by atoms with Gasteiger partial charge in [-0.05, 0) is 24.1 Å². The standard InChI is InChI=1S/C22H25NO5/c1-3-11-28-20-12-16(27-2)9-10-17(20)21(24)23-13-18(19(14-23)22(25)26)15-7-5-4-6-8-15/h4-10,12,18-19H,3,11,13-14H2,1-2H3,(H,25,26)/t18-,19-/m0/s1. The van der Waals surface area contributed by atoms with Gasteiger partial charge in [0.25, 0.3) is 5.91 Å². The number of methoxy groups -OCH3 is 1. The number of aliphatic carboxylic acids is 1. The van der Waals surface area contributed by atoms with E-state index in [0.717, 1.165) is 12.0 Å². The summed E-state index contributed by atoms with van der Waals surface area (Å²) >= 11 is 0. The van der Waals surface area contributed by atoms with Crippen LogP contribution in [0.1, 0.15) is 35.2 Å². The lowest BCUT2D eigenvalue weighted by molar-refractivity contribution is -0.141. The number of carbonyl (C=O) groups excluding carboxylic acids is 1. The zero-order chi connectivity index (χ0) is 20.1. The molecule has 2 aromatic carbocycles.